The molecule has 0 N–H and O–H groups in total. The lowest BCUT2D eigenvalue weighted by Gasteiger charge is -2.43. The Kier molecular flexibility index (Phi) is 7.99. The highest BCUT2D eigenvalue weighted by Crippen LogP contribution is 2.63. The largest absolute Gasteiger partial charge is 0.0793 e. The van der Waals surface area contributed by atoms with Crippen LogP contribution in [0.1, 0.15) is 112 Å². The van der Waals surface area contributed by atoms with Gasteiger partial charge in [-0.3, -0.25) is 0 Å². The topological polar surface area (TPSA) is 0 Å². The summed E-state index contributed by atoms with van der Waals surface area (Å²) in [5.41, 5.74) is 23.8. The molecule has 54 heavy (non-hydrogen) atoms. The SMILES string of the molecule is CC1=CC(C)CC(C)=C1C1=CC2c3cc(C4=CC(c5ccccc5)=CCC4)cc4c3C3=C(C=C(C5=CC=CC(c6ccccc6)C5)CC3C2C=C1)C4(C)C. The highest BCUT2D eigenvalue weighted by Gasteiger charge is 2.50. The molecule has 0 fully saturated rings. The van der Waals surface area contributed by atoms with E-state index in [4.69, 9.17) is 0 Å². The van der Waals surface area contributed by atoms with E-state index in [0.717, 1.165) is 32.1 Å². The Morgan fingerprint density at radius 2 is 1.54 bits per heavy atom. The van der Waals surface area contributed by atoms with E-state index in [9.17, 15) is 0 Å². The van der Waals surface area contributed by atoms with Gasteiger partial charge >= 0.3 is 0 Å². The minimum atomic E-state index is -0.0712. The van der Waals surface area contributed by atoms with Gasteiger partial charge in [-0.25, -0.2) is 0 Å². The second-order valence-corrected chi connectivity index (χ2v) is 17.7. The zero-order chi connectivity index (χ0) is 36.7. The van der Waals surface area contributed by atoms with E-state index in [0.29, 0.717) is 29.6 Å². The van der Waals surface area contributed by atoms with Crippen LogP contribution in [-0.4, -0.2) is 0 Å². The molecule has 0 nitrogen and oxygen atoms in total. The van der Waals surface area contributed by atoms with Crippen molar-refractivity contribution in [3.63, 3.8) is 0 Å². The molecule has 3 aromatic carbocycles. The summed E-state index contributed by atoms with van der Waals surface area (Å²) in [6.45, 7) is 12.1. The minimum Gasteiger partial charge on any atom is -0.0793 e. The summed E-state index contributed by atoms with van der Waals surface area (Å²) >= 11 is 0. The van der Waals surface area contributed by atoms with Crippen LogP contribution in [0, 0.1) is 17.8 Å². The molecule has 0 amide bonds. The van der Waals surface area contributed by atoms with Gasteiger partial charge in [0.1, 0.15) is 0 Å². The molecular formula is C54H52. The van der Waals surface area contributed by atoms with Crippen molar-refractivity contribution >= 4 is 16.7 Å². The van der Waals surface area contributed by atoms with E-state index in [1.54, 1.807) is 33.4 Å². The van der Waals surface area contributed by atoms with Crippen LogP contribution in [0.5, 0.6) is 0 Å². The number of benzene rings is 3. The molecule has 3 aromatic rings. The molecule has 0 heteroatoms. The Morgan fingerprint density at radius 1 is 0.741 bits per heavy atom. The first-order chi connectivity index (χ1) is 26.2. The molecule has 5 atom stereocenters. The fourth-order valence-corrected chi connectivity index (χ4v) is 11.4. The molecule has 7 aliphatic carbocycles. The third-order valence-electron chi connectivity index (χ3n) is 13.9. The average molecular weight is 701 g/mol. The van der Waals surface area contributed by atoms with Crippen molar-refractivity contribution < 1.29 is 0 Å². The van der Waals surface area contributed by atoms with Crippen molar-refractivity contribution in [2.24, 2.45) is 17.8 Å². The molecule has 268 valence electrons. The maximum absolute atomic E-state index is 2.70. The minimum absolute atomic E-state index is 0.0712. The van der Waals surface area contributed by atoms with Crippen LogP contribution in [-0.2, 0) is 5.41 Å². The van der Waals surface area contributed by atoms with Gasteiger partial charge in [-0.15, -0.1) is 0 Å². The summed E-state index contributed by atoms with van der Waals surface area (Å²) in [7, 11) is 0. The van der Waals surface area contributed by atoms with Crippen molar-refractivity contribution in [3.8, 4) is 0 Å². The molecule has 0 aromatic heterocycles. The van der Waals surface area contributed by atoms with Crippen molar-refractivity contribution in [2.75, 3.05) is 0 Å². The van der Waals surface area contributed by atoms with E-state index in [-0.39, 0.29) is 5.41 Å². The van der Waals surface area contributed by atoms with Crippen LogP contribution in [0.4, 0.5) is 0 Å². The fourth-order valence-electron chi connectivity index (χ4n) is 11.4. The smallest absolute Gasteiger partial charge is 0.0156 e. The maximum Gasteiger partial charge on any atom is 0.0156 e. The normalized spacial score (nSPS) is 27.7. The van der Waals surface area contributed by atoms with Crippen molar-refractivity contribution in [1.82, 2.24) is 0 Å². The first kappa shape index (κ1) is 33.6. The Balaban J connectivity index is 1.12. The molecule has 5 unspecified atom stereocenters. The van der Waals surface area contributed by atoms with Gasteiger partial charge in [0.05, 0.1) is 0 Å². The fraction of sp³-hybridized carbons (Fsp3) is 0.296. The van der Waals surface area contributed by atoms with Crippen LogP contribution in [0.15, 0.2) is 173 Å². The van der Waals surface area contributed by atoms with Crippen molar-refractivity contribution in [1.29, 1.82) is 0 Å². The quantitative estimate of drug-likeness (QED) is 0.249. The van der Waals surface area contributed by atoms with Crippen LogP contribution < -0.4 is 0 Å². The standard InChI is InChI=1S/C54H52/c1-33-24-34(2)51(35(3)25-33)42-22-23-45-46(28-42)48-30-44(41-21-13-19-39(27-41)37-16-10-7-11-17-37)32-50-53(48)52-47(45)29-43(31-49(52)54(50,4)5)40-20-12-18-38(26-40)36-14-8-6-9-15-36/h6-12,14-20,22-24,27-28,30-33,38,45-47H,13,21,25-26,29H2,1-5H3. The summed E-state index contributed by atoms with van der Waals surface area (Å²) in [4.78, 5) is 0. The monoisotopic (exact) mass is 700 g/mol. The van der Waals surface area contributed by atoms with E-state index < -0.39 is 0 Å². The Bertz CT molecular complexity index is 2400. The molecule has 0 spiro atoms. The van der Waals surface area contributed by atoms with Crippen LogP contribution in [0.25, 0.3) is 16.7 Å². The van der Waals surface area contributed by atoms with E-state index in [1.807, 2.05) is 0 Å². The summed E-state index contributed by atoms with van der Waals surface area (Å²) in [6, 6.07) is 27.3. The third-order valence-corrected chi connectivity index (χ3v) is 13.9. The van der Waals surface area contributed by atoms with Crippen LogP contribution in [0.3, 0.4) is 0 Å². The molecule has 0 saturated heterocycles. The molecule has 7 aliphatic rings. The van der Waals surface area contributed by atoms with Crippen molar-refractivity contribution in [2.45, 2.75) is 84.0 Å². The summed E-state index contributed by atoms with van der Waals surface area (Å²) in [5.74, 6) is 2.28. The summed E-state index contributed by atoms with van der Waals surface area (Å²) in [6.07, 6.45) is 30.6. The molecule has 0 saturated carbocycles. The Hall–Kier alpha value is -4.94. The van der Waals surface area contributed by atoms with Gasteiger partial charge in [0.15, 0.2) is 0 Å². The molecule has 10 rings (SSSR count). The highest BCUT2D eigenvalue weighted by molar-refractivity contribution is 5.92. The van der Waals surface area contributed by atoms with Gasteiger partial charge in [-0.1, -0.05) is 154 Å². The first-order valence-electron chi connectivity index (χ1n) is 20.6. The van der Waals surface area contributed by atoms with Gasteiger partial charge in [0.25, 0.3) is 0 Å². The lowest BCUT2D eigenvalue weighted by molar-refractivity contribution is 0.423. The third kappa shape index (κ3) is 5.39. The van der Waals surface area contributed by atoms with Crippen LogP contribution in [0.2, 0.25) is 0 Å². The predicted molar refractivity (Wildman–Crippen MR) is 229 cm³/mol. The number of hydrogen-bond donors (Lipinski definition) is 0. The molecular weight excluding hydrogens is 649 g/mol. The van der Waals surface area contributed by atoms with E-state index in [2.05, 4.69) is 168 Å². The number of allylic oxidation sites excluding steroid dienone is 20. The Morgan fingerprint density at radius 3 is 2.33 bits per heavy atom. The second-order valence-electron chi connectivity index (χ2n) is 17.7. The first-order valence-corrected chi connectivity index (χ1v) is 20.6. The number of fused-ring (bicyclic) bond motifs is 3. The average Bonchev–Trinajstić information content (AvgIpc) is 3.43. The zero-order valence-corrected chi connectivity index (χ0v) is 32.6. The number of rotatable bonds is 5. The van der Waals surface area contributed by atoms with Crippen molar-refractivity contribution in [3.05, 3.63) is 206 Å². The predicted octanol–water partition coefficient (Wildman–Crippen LogP) is 14.1. The number of hydrogen-bond acceptors (Lipinski definition) is 0. The van der Waals surface area contributed by atoms with Gasteiger partial charge in [-0.05, 0) is 153 Å². The lowest BCUT2D eigenvalue weighted by atomic mass is 9.60. The van der Waals surface area contributed by atoms with Gasteiger partial charge in [-0.2, -0.15) is 0 Å². The maximum atomic E-state index is 2.70. The van der Waals surface area contributed by atoms with Gasteiger partial charge in [0.2, 0.25) is 0 Å². The molecule has 0 aliphatic heterocycles. The van der Waals surface area contributed by atoms with E-state index in [1.165, 1.54) is 55.7 Å². The van der Waals surface area contributed by atoms with Gasteiger partial charge < -0.3 is 0 Å². The Labute approximate surface area is 323 Å². The summed E-state index contributed by atoms with van der Waals surface area (Å²) in [5, 5.41) is 0. The summed E-state index contributed by atoms with van der Waals surface area (Å²) < 4.78 is 0. The van der Waals surface area contributed by atoms with Crippen LogP contribution >= 0.6 is 0 Å². The molecule has 0 radical (unpaired) electrons. The zero-order valence-electron chi connectivity index (χ0n) is 32.6. The van der Waals surface area contributed by atoms with Gasteiger partial charge in [0, 0.05) is 17.3 Å². The highest BCUT2D eigenvalue weighted by atomic mass is 14.5. The second kappa shape index (κ2) is 12.8. The molecule has 0 heterocycles. The molecule has 0 bridgehead atoms. The lowest BCUT2D eigenvalue weighted by Crippen LogP contribution is -2.31. The van der Waals surface area contributed by atoms with E-state index >= 15 is 0 Å².